The summed E-state index contributed by atoms with van der Waals surface area (Å²) in [6.45, 7) is 8.27. The van der Waals surface area contributed by atoms with Crippen LogP contribution in [0.2, 0.25) is 0 Å². The van der Waals surface area contributed by atoms with Crippen LogP contribution in [0.4, 0.5) is 0 Å². The molecule has 0 saturated carbocycles. The van der Waals surface area contributed by atoms with Crippen LogP contribution < -0.4 is 5.73 Å². The molecule has 0 saturated heterocycles. The fourth-order valence-corrected chi connectivity index (χ4v) is 1.95. The van der Waals surface area contributed by atoms with Crippen molar-refractivity contribution in [2.75, 3.05) is 0 Å². The molecule has 2 N–H and O–H groups in total. The van der Waals surface area contributed by atoms with Gasteiger partial charge in [0.1, 0.15) is 5.82 Å². The largest absolute Gasteiger partial charge is 0.328 e. The van der Waals surface area contributed by atoms with Crippen molar-refractivity contribution >= 4 is 0 Å². The summed E-state index contributed by atoms with van der Waals surface area (Å²) in [4.78, 5) is 9.00. The summed E-state index contributed by atoms with van der Waals surface area (Å²) in [7, 11) is 0. The van der Waals surface area contributed by atoms with Crippen molar-refractivity contribution in [2.45, 2.75) is 59.4 Å². The summed E-state index contributed by atoms with van der Waals surface area (Å²) in [6.07, 6.45) is 4.17. The molecule has 0 amide bonds. The first-order valence-corrected chi connectivity index (χ1v) is 6.13. The first-order chi connectivity index (χ1) is 7.54. The van der Waals surface area contributed by atoms with Crippen molar-refractivity contribution in [3.8, 4) is 0 Å². The third-order valence-electron chi connectivity index (χ3n) is 2.75. The number of nitrogens with two attached hydrogens (primary N) is 1. The Morgan fingerprint density at radius 3 is 2.44 bits per heavy atom. The third-order valence-corrected chi connectivity index (χ3v) is 2.75. The van der Waals surface area contributed by atoms with Gasteiger partial charge in [0, 0.05) is 17.4 Å². The van der Waals surface area contributed by atoms with Gasteiger partial charge in [0.25, 0.3) is 0 Å². The minimum atomic E-state index is 0.241. The monoisotopic (exact) mass is 221 g/mol. The van der Waals surface area contributed by atoms with E-state index in [0.717, 1.165) is 37.2 Å². The number of aromatic nitrogens is 2. The molecule has 1 atom stereocenters. The Hall–Kier alpha value is -0.960. The Morgan fingerprint density at radius 2 is 1.88 bits per heavy atom. The van der Waals surface area contributed by atoms with Crippen molar-refractivity contribution in [1.82, 2.24) is 9.97 Å². The van der Waals surface area contributed by atoms with Crippen LogP contribution in [0.5, 0.6) is 0 Å². The molecule has 1 unspecified atom stereocenters. The molecule has 90 valence electrons. The summed E-state index contributed by atoms with van der Waals surface area (Å²) in [5.41, 5.74) is 9.46. The van der Waals surface area contributed by atoms with E-state index in [-0.39, 0.29) is 6.04 Å². The van der Waals surface area contributed by atoms with Crippen LogP contribution in [-0.4, -0.2) is 16.0 Å². The maximum absolute atomic E-state index is 5.80. The molecule has 1 rings (SSSR count). The molecule has 0 bridgehead atoms. The van der Waals surface area contributed by atoms with E-state index in [0.29, 0.717) is 0 Å². The smallest absolute Gasteiger partial charge is 0.125 e. The zero-order valence-corrected chi connectivity index (χ0v) is 10.9. The first kappa shape index (κ1) is 13.1. The molecule has 1 aromatic rings. The lowest BCUT2D eigenvalue weighted by Crippen LogP contribution is -2.17. The Labute approximate surface area is 98.5 Å². The van der Waals surface area contributed by atoms with Gasteiger partial charge in [-0.1, -0.05) is 13.3 Å². The maximum atomic E-state index is 5.80. The van der Waals surface area contributed by atoms with Crippen molar-refractivity contribution in [3.05, 3.63) is 22.8 Å². The summed E-state index contributed by atoms with van der Waals surface area (Å²) in [5.74, 6) is 0.872. The molecule has 0 spiro atoms. The van der Waals surface area contributed by atoms with Gasteiger partial charge in [-0.2, -0.15) is 0 Å². The van der Waals surface area contributed by atoms with E-state index in [1.54, 1.807) is 0 Å². The highest BCUT2D eigenvalue weighted by Crippen LogP contribution is 2.15. The molecule has 1 aromatic heterocycles. The molecular weight excluding hydrogens is 198 g/mol. The first-order valence-electron chi connectivity index (χ1n) is 6.13. The average molecular weight is 221 g/mol. The van der Waals surface area contributed by atoms with Crippen LogP contribution in [0.15, 0.2) is 0 Å². The van der Waals surface area contributed by atoms with E-state index in [4.69, 9.17) is 5.73 Å². The molecule has 0 fully saturated rings. The van der Waals surface area contributed by atoms with Gasteiger partial charge in [-0.25, -0.2) is 9.97 Å². The van der Waals surface area contributed by atoms with Crippen molar-refractivity contribution in [1.29, 1.82) is 0 Å². The molecule has 0 radical (unpaired) electrons. The Bertz CT molecular complexity index is 345. The van der Waals surface area contributed by atoms with Gasteiger partial charge < -0.3 is 5.73 Å². The minimum Gasteiger partial charge on any atom is -0.328 e. The van der Waals surface area contributed by atoms with E-state index < -0.39 is 0 Å². The van der Waals surface area contributed by atoms with Crippen molar-refractivity contribution in [3.63, 3.8) is 0 Å². The standard InChI is InChI=1S/C13H23N3/c1-5-6-12-10(3)15-11(4)16-13(12)8-7-9(2)14/h9H,5-8,14H2,1-4H3. The van der Waals surface area contributed by atoms with Crippen LogP contribution in [0.25, 0.3) is 0 Å². The van der Waals surface area contributed by atoms with Gasteiger partial charge in [0.15, 0.2) is 0 Å². The Kier molecular flexibility index (Phi) is 4.87. The zero-order chi connectivity index (χ0) is 12.1. The number of rotatable bonds is 5. The summed E-state index contributed by atoms with van der Waals surface area (Å²) in [5, 5.41) is 0. The molecule has 0 aromatic carbocycles. The van der Waals surface area contributed by atoms with Crippen molar-refractivity contribution in [2.24, 2.45) is 5.73 Å². The number of hydrogen-bond acceptors (Lipinski definition) is 3. The van der Waals surface area contributed by atoms with Crippen molar-refractivity contribution < 1.29 is 0 Å². The van der Waals surface area contributed by atoms with Gasteiger partial charge in [-0.15, -0.1) is 0 Å². The second-order valence-electron chi connectivity index (χ2n) is 4.55. The lowest BCUT2D eigenvalue weighted by Gasteiger charge is -2.12. The number of hydrogen-bond donors (Lipinski definition) is 1. The molecule has 3 heteroatoms. The Morgan fingerprint density at radius 1 is 1.19 bits per heavy atom. The maximum Gasteiger partial charge on any atom is 0.125 e. The molecule has 1 heterocycles. The lowest BCUT2D eigenvalue weighted by atomic mass is 10.0. The SMILES string of the molecule is CCCc1c(C)nc(C)nc1CCC(C)N. The summed E-state index contributed by atoms with van der Waals surface area (Å²) in [6, 6.07) is 0.241. The van der Waals surface area contributed by atoms with Crippen LogP contribution in [0.1, 0.15) is 49.5 Å². The lowest BCUT2D eigenvalue weighted by molar-refractivity contribution is 0.648. The second kappa shape index (κ2) is 5.94. The van der Waals surface area contributed by atoms with E-state index in [1.165, 1.54) is 11.3 Å². The molecular formula is C13H23N3. The molecule has 16 heavy (non-hydrogen) atoms. The fraction of sp³-hybridized carbons (Fsp3) is 0.692. The normalized spacial score (nSPS) is 12.8. The van der Waals surface area contributed by atoms with E-state index >= 15 is 0 Å². The van der Waals surface area contributed by atoms with Crippen LogP contribution >= 0.6 is 0 Å². The van der Waals surface area contributed by atoms with Gasteiger partial charge >= 0.3 is 0 Å². The predicted molar refractivity (Wildman–Crippen MR) is 67.5 cm³/mol. The highest BCUT2D eigenvalue weighted by Gasteiger charge is 2.09. The third kappa shape index (κ3) is 3.56. The van der Waals surface area contributed by atoms with Gasteiger partial charge in [-0.3, -0.25) is 0 Å². The highest BCUT2D eigenvalue weighted by molar-refractivity contribution is 5.25. The number of aryl methyl sites for hydroxylation is 3. The molecule has 0 aliphatic carbocycles. The fourth-order valence-electron chi connectivity index (χ4n) is 1.95. The number of nitrogens with zero attached hydrogens (tertiary/aromatic N) is 2. The summed E-state index contributed by atoms with van der Waals surface area (Å²) >= 11 is 0. The molecule has 0 aliphatic rings. The van der Waals surface area contributed by atoms with E-state index in [1.807, 2.05) is 13.8 Å². The van der Waals surface area contributed by atoms with Crippen LogP contribution in [0, 0.1) is 13.8 Å². The van der Waals surface area contributed by atoms with Gasteiger partial charge in [-0.05, 0) is 45.6 Å². The van der Waals surface area contributed by atoms with Crippen LogP contribution in [0.3, 0.4) is 0 Å². The quantitative estimate of drug-likeness (QED) is 0.830. The molecule has 3 nitrogen and oxygen atoms in total. The summed E-state index contributed by atoms with van der Waals surface area (Å²) < 4.78 is 0. The van der Waals surface area contributed by atoms with Gasteiger partial charge in [0.2, 0.25) is 0 Å². The van der Waals surface area contributed by atoms with E-state index in [9.17, 15) is 0 Å². The molecule has 0 aliphatic heterocycles. The minimum absolute atomic E-state index is 0.241. The zero-order valence-electron chi connectivity index (χ0n) is 10.9. The average Bonchev–Trinajstić information content (AvgIpc) is 2.19. The second-order valence-corrected chi connectivity index (χ2v) is 4.55. The van der Waals surface area contributed by atoms with Crippen LogP contribution in [-0.2, 0) is 12.8 Å². The topological polar surface area (TPSA) is 51.8 Å². The predicted octanol–water partition coefficient (Wildman–Crippen LogP) is 2.33. The van der Waals surface area contributed by atoms with Gasteiger partial charge in [0.05, 0.1) is 0 Å². The highest BCUT2D eigenvalue weighted by atomic mass is 14.9. The van der Waals surface area contributed by atoms with E-state index in [2.05, 4.69) is 23.8 Å². The Balaban J connectivity index is 2.94.